The van der Waals surface area contributed by atoms with E-state index in [-0.39, 0.29) is 0 Å². The Bertz CT molecular complexity index is 164. The number of rotatable bonds is 3. The molecule has 3 heteroatoms. The molecule has 0 spiro atoms. The van der Waals surface area contributed by atoms with Gasteiger partial charge in [-0.2, -0.15) is 0 Å². The first-order valence-corrected chi connectivity index (χ1v) is 6.23. The van der Waals surface area contributed by atoms with Crippen LogP contribution in [0.15, 0.2) is 0 Å². The predicted octanol–water partition coefficient (Wildman–Crippen LogP) is 1.77. The maximum atomic E-state index is 5.65. The van der Waals surface area contributed by atoms with Gasteiger partial charge in [-0.1, -0.05) is 13.8 Å². The number of ether oxygens (including phenoxy) is 2. The van der Waals surface area contributed by atoms with Gasteiger partial charge in [0.25, 0.3) is 0 Å². The lowest BCUT2D eigenvalue weighted by molar-refractivity contribution is 0.0273. The highest BCUT2D eigenvalue weighted by molar-refractivity contribution is 4.84. The Balaban J connectivity index is 0.000000531. The summed E-state index contributed by atoms with van der Waals surface area (Å²) in [5.74, 6) is 0.797. The monoisotopic (exact) mass is 215 g/mol. The van der Waals surface area contributed by atoms with Gasteiger partial charge in [0.2, 0.25) is 0 Å². The normalized spacial score (nSPS) is 30.6. The predicted molar refractivity (Wildman–Crippen MR) is 62.1 cm³/mol. The molecule has 2 saturated heterocycles. The summed E-state index contributed by atoms with van der Waals surface area (Å²) in [7, 11) is 1.77. The van der Waals surface area contributed by atoms with Crippen LogP contribution >= 0.6 is 0 Å². The van der Waals surface area contributed by atoms with Gasteiger partial charge in [0.15, 0.2) is 0 Å². The maximum absolute atomic E-state index is 5.65. The molecule has 0 radical (unpaired) electrons. The van der Waals surface area contributed by atoms with E-state index >= 15 is 0 Å². The summed E-state index contributed by atoms with van der Waals surface area (Å²) in [6, 6.07) is 0. The average Bonchev–Trinajstić information content (AvgIpc) is 2.76. The van der Waals surface area contributed by atoms with Gasteiger partial charge in [0, 0.05) is 39.3 Å². The van der Waals surface area contributed by atoms with Crippen molar-refractivity contribution in [2.45, 2.75) is 32.8 Å². The summed E-state index contributed by atoms with van der Waals surface area (Å²) < 4.78 is 10.7. The van der Waals surface area contributed by atoms with Gasteiger partial charge in [0.05, 0.1) is 12.7 Å². The van der Waals surface area contributed by atoms with E-state index in [0.717, 1.165) is 25.7 Å². The molecule has 0 aromatic rings. The van der Waals surface area contributed by atoms with Crippen LogP contribution in [0.2, 0.25) is 0 Å². The second kappa shape index (κ2) is 7.20. The lowest BCUT2D eigenvalue weighted by atomic mass is 9.94. The molecule has 2 unspecified atom stereocenters. The van der Waals surface area contributed by atoms with Crippen molar-refractivity contribution in [3.05, 3.63) is 0 Å². The lowest BCUT2D eigenvalue weighted by Gasteiger charge is -2.33. The Kier molecular flexibility index (Phi) is 6.22. The summed E-state index contributed by atoms with van der Waals surface area (Å²) in [5.41, 5.74) is 0. The average molecular weight is 215 g/mol. The van der Waals surface area contributed by atoms with Crippen LogP contribution in [0.4, 0.5) is 0 Å². The molecule has 0 aliphatic carbocycles. The van der Waals surface area contributed by atoms with Crippen LogP contribution in [0.3, 0.4) is 0 Å². The van der Waals surface area contributed by atoms with Crippen molar-refractivity contribution in [1.29, 1.82) is 0 Å². The van der Waals surface area contributed by atoms with Gasteiger partial charge in [-0.05, 0) is 12.8 Å². The van der Waals surface area contributed by atoms with Crippen LogP contribution < -0.4 is 0 Å². The third-order valence-electron chi connectivity index (χ3n) is 3.18. The van der Waals surface area contributed by atoms with Crippen LogP contribution in [0.1, 0.15) is 26.7 Å². The van der Waals surface area contributed by atoms with Crippen LogP contribution in [-0.2, 0) is 9.47 Å². The third-order valence-corrected chi connectivity index (χ3v) is 3.18. The van der Waals surface area contributed by atoms with Crippen LogP contribution in [-0.4, -0.2) is 51.0 Å². The van der Waals surface area contributed by atoms with Gasteiger partial charge >= 0.3 is 0 Å². The summed E-state index contributed by atoms with van der Waals surface area (Å²) >= 11 is 0. The molecule has 0 amide bonds. The second-order valence-corrected chi connectivity index (χ2v) is 4.04. The van der Waals surface area contributed by atoms with Crippen molar-refractivity contribution >= 4 is 0 Å². The Morgan fingerprint density at radius 2 is 2.13 bits per heavy atom. The molecule has 15 heavy (non-hydrogen) atoms. The molecular weight excluding hydrogens is 190 g/mol. The number of likely N-dealkylation sites (tertiary alicyclic amines) is 1. The van der Waals surface area contributed by atoms with Gasteiger partial charge in [-0.15, -0.1) is 0 Å². The highest BCUT2D eigenvalue weighted by atomic mass is 16.5. The summed E-state index contributed by atoms with van der Waals surface area (Å²) in [6.45, 7) is 9.32. The second-order valence-electron chi connectivity index (χ2n) is 4.04. The summed E-state index contributed by atoms with van der Waals surface area (Å²) in [5, 5.41) is 0. The summed E-state index contributed by atoms with van der Waals surface area (Å²) in [6.07, 6.45) is 3.04. The van der Waals surface area contributed by atoms with Gasteiger partial charge in [-0.25, -0.2) is 0 Å². The zero-order valence-corrected chi connectivity index (χ0v) is 10.4. The van der Waals surface area contributed by atoms with Crippen LogP contribution in [0.25, 0.3) is 0 Å². The van der Waals surface area contributed by atoms with Crippen molar-refractivity contribution in [2.75, 3.05) is 40.0 Å². The van der Waals surface area contributed by atoms with Crippen LogP contribution in [0, 0.1) is 5.92 Å². The molecule has 2 atom stereocenters. The standard InChI is InChI=1S/C10H19NO2.C2H6/c1-12-7-5-11-4-2-10-9(8-11)3-6-13-10;1-2/h9-10H,2-8H2,1H3;1-2H3. The fourth-order valence-electron chi connectivity index (χ4n) is 2.38. The van der Waals surface area contributed by atoms with Crippen molar-refractivity contribution in [3.63, 3.8) is 0 Å². The topological polar surface area (TPSA) is 21.7 Å². The molecule has 0 aromatic carbocycles. The Morgan fingerprint density at radius 3 is 2.87 bits per heavy atom. The molecule has 0 aromatic heterocycles. The molecular formula is C12H25NO2. The minimum absolute atomic E-state index is 0.568. The zero-order valence-electron chi connectivity index (χ0n) is 10.4. The molecule has 2 aliphatic heterocycles. The number of methoxy groups -OCH3 is 1. The minimum atomic E-state index is 0.568. The van der Waals surface area contributed by atoms with Gasteiger partial charge in [0.1, 0.15) is 0 Å². The largest absolute Gasteiger partial charge is 0.383 e. The van der Waals surface area contributed by atoms with Crippen molar-refractivity contribution in [2.24, 2.45) is 5.92 Å². The van der Waals surface area contributed by atoms with E-state index in [4.69, 9.17) is 9.47 Å². The smallest absolute Gasteiger partial charge is 0.0628 e. The molecule has 90 valence electrons. The number of hydrogen-bond donors (Lipinski definition) is 0. The van der Waals surface area contributed by atoms with Crippen molar-refractivity contribution < 1.29 is 9.47 Å². The first kappa shape index (κ1) is 12.9. The molecule has 2 heterocycles. The van der Waals surface area contributed by atoms with Gasteiger partial charge in [-0.3, -0.25) is 0 Å². The Morgan fingerprint density at radius 1 is 1.33 bits per heavy atom. The summed E-state index contributed by atoms with van der Waals surface area (Å²) in [4.78, 5) is 2.50. The molecule has 0 saturated carbocycles. The Hall–Kier alpha value is -0.120. The molecule has 0 bridgehead atoms. The number of piperidine rings is 1. The number of fused-ring (bicyclic) bond motifs is 1. The van der Waals surface area contributed by atoms with E-state index in [2.05, 4.69) is 4.90 Å². The minimum Gasteiger partial charge on any atom is -0.383 e. The number of hydrogen-bond acceptors (Lipinski definition) is 3. The van der Waals surface area contributed by atoms with Crippen molar-refractivity contribution in [1.82, 2.24) is 4.90 Å². The third kappa shape index (κ3) is 3.74. The fraction of sp³-hybridized carbons (Fsp3) is 1.00. The Labute approximate surface area is 93.7 Å². The highest BCUT2D eigenvalue weighted by Crippen LogP contribution is 2.28. The maximum Gasteiger partial charge on any atom is 0.0628 e. The molecule has 2 fully saturated rings. The highest BCUT2D eigenvalue weighted by Gasteiger charge is 2.33. The van der Waals surface area contributed by atoms with E-state index in [1.54, 1.807) is 7.11 Å². The SMILES string of the molecule is CC.COCCN1CCC2OCCC2C1. The first-order valence-electron chi connectivity index (χ1n) is 6.23. The van der Waals surface area contributed by atoms with E-state index in [1.165, 1.54) is 25.9 Å². The number of nitrogens with zero attached hydrogens (tertiary/aromatic N) is 1. The van der Waals surface area contributed by atoms with Gasteiger partial charge < -0.3 is 14.4 Å². The van der Waals surface area contributed by atoms with E-state index in [1.807, 2.05) is 13.8 Å². The fourth-order valence-corrected chi connectivity index (χ4v) is 2.38. The molecule has 2 rings (SSSR count). The quantitative estimate of drug-likeness (QED) is 0.716. The lowest BCUT2D eigenvalue weighted by Crippen LogP contribution is -2.42. The molecule has 3 nitrogen and oxygen atoms in total. The van der Waals surface area contributed by atoms with Crippen molar-refractivity contribution in [3.8, 4) is 0 Å². The van der Waals surface area contributed by atoms with E-state index in [9.17, 15) is 0 Å². The molecule has 2 aliphatic rings. The van der Waals surface area contributed by atoms with E-state index in [0.29, 0.717) is 6.10 Å². The first-order chi connectivity index (χ1) is 7.40. The zero-order chi connectivity index (χ0) is 11.1. The van der Waals surface area contributed by atoms with E-state index < -0.39 is 0 Å². The van der Waals surface area contributed by atoms with Crippen LogP contribution in [0.5, 0.6) is 0 Å². The molecule has 0 N–H and O–H groups in total.